The standard InChI is InChI=1S/C18H32NO3P/c1-9-21-23(20,22-10-2)19-16-13-14(17(3,4)5)11-12-15(16)18(6,7)8/h11-13H,9-10H2,1-8H3,(H,19,20). The van der Waals surface area contributed by atoms with Crippen molar-refractivity contribution in [2.45, 2.75) is 66.2 Å². The molecule has 132 valence electrons. The zero-order valence-electron chi connectivity index (χ0n) is 15.8. The van der Waals surface area contributed by atoms with Gasteiger partial charge in [0, 0.05) is 5.69 Å². The molecule has 0 atom stereocenters. The molecule has 0 aliphatic rings. The van der Waals surface area contributed by atoms with Gasteiger partial charge in [-0.2, -0.15) is 0 Å². The minimum absolute atomic E-state index is 0.00800. The Morgan fingerprint density at radius 2 is 1.48 bits per heavy atom. The Labute approximate surface area is 141 Å². The molecule has 0 aromatic heterocycles. The van der Waals surface area contributed by atoms with E-state index in [1.54, 1.807) is 0 Å². The van der Waals surface area contributed by atoms with Gasteiger partial charge in [-0.15, -0.1) is 0 Å². The van der Waals surface area contributed by atoms with Gasteiger partial charge in [-0.1, -0.05) is 53.7 Å². The van der Waals surface area contributed by atoms with E-state index >= 15 is 0 Å². The first-order valence-electron chi connectivity index (χ1n) is 8.25. The predicted octanol–water partition coefficient (Wildman–Crippen LogP) is 5.87. The Hall–Kier alpha value is -0.830. The van der Waals surface area contributed by atoms with Crippen LogP contribution in [-0.2, 0) is 24.4 Å². The molecule has 1 aromatic rings. The maximum Gasteiger partial charge on any atom is 0.432 e. The molecule has 4 nitrogen and oxygen atoms in total. The molecule has 0 saturated heterocycles. The predicted molar refractivity (Wildman–Crippen MR) is 98.3 cm³/mol. The molecule has 0 unspecified atom stereocenters. The second-order valence-corrected chi connectivity index (χ2v) is 9.44. The lowest BCUT2D eigenvalue weighted by atomic mass is 9.81. The largest absolute Gasteiger partial charge is 0.432 e. The first-order chi connectivity index (χ1) is 10.4. The zero-order chi connectivity index (χ0) is 17.9. The molecule has 23 heavy (non-hydrogen) atoms. The molecular formula is C18H32NO3P. The van der Waals surface area contributed by atoms with E-state index in [4.69, 9.17) is 9.05 Å². The summed E-state index contributed by atoms with van der Waals surface area (Å²) >= 11 is 0. The highest BCUT2D eigenvalue weighted by Gasteiger charge is 2.28. The van der Waals surface area contributed by atoms with Crippen molar-refractivity contribution in [1.29, 1.82) is 0 Å². The third-order valence-corrected chi connectivity index (χ3v) is 5.26. The molecule has 0 aliphatic heterocycles. The fourth-order valence-corrected chi connectivity index (χ4v) is 3.71. The fourth-order valence-electron chi connectivity index (χ4n) is 2.35. The van der Waals surface area contributed by atoms with E-state index in [2.05, 4.69) is 64.8 Å². The molecule has 0 bridgehead atoms. The molecule has 1 N–H and O–H groups in total. The van der Waals surface area contributed by atoms with Crippen LogP contribution < -0.4 is 5.09 Å². The minimum atomic E-state index is -3.36. The Bertz CT molecular complexity index is 561. The molecule has 0 radical (unpaired) electrons. The molecule has 0 spiro atoms. The number of benzene rings is 1. The van der Waals surface area contributed by atoms with Gasteiger partial charge in [0.15, 0.2) is 0 Å². The van der Waals surface area contributed by atoms with Crippen molar-refractivity contribution < 1.29 is 13.6 Å². The van der Waals surface area contributed by atoms with Crippen molar-refractivity contribution in [1.82, 2.24) is 0 Å². The average Bonchev–Trinajstić information content (AvgIpc) is 2.36. The molecule has 0 saturated carbocycles. The highest BCUT2D eigenvalue weighted by atomic mass is 31.2. The Balaban J connectivity index is 3.37. The lowest BCUT2D eigenvalue weighted by Gasteiger charge is -2.29. The number of anilines is 1. The summed E-state index contributed by atoms with van der Waals surface area (Å²) in [6, 6.07) is 6.30. The smallest absolute Gasteiger partial charge is 0.293 e. The molecular weight excluding hydrogens is 309 g/mol. The van der Waals surface area contributed by atoms with Crippen LogP contribution >= 0.6 is 7.75 Å². The van der Waals surface area contributed by atoms with Gasteiger partial charge in [0.1, 0.15) is 0 Å². The molecule has 1 rings (SSSR count). The van der Waals surface area contributed by atoms with E-state index in [1.807, 2.05) is 13.8 Å². The lowest BCUT2D eigenvalue weighted by molar-refractivity contribution is 0.225. The maximum atomic E-state index is 12.9. The highest BCUT2D eigenvalue weighted by Crippen LogP contribution is 2.49. The molecule has 0 heterocycles. The van der Waals surface area contributed by atoms with Crippen LogP contribution in [0.2, 0.25) is 0 Å². The van der Waals surface area contributed by atoms with Crippen LogP contribution in [-0.4, -0.2) is 13.2 Å². The summed E-state index contributed by atoms with van der Waals surface area (Å²) in [5, 5.41) is 3.06. The quantitative estimate of drug-likeness (QED) is 0.657. The normalized spacial score (nSPS) is 13.2. The first kappa shape index (κ1) is 20.2. The van der Waals surface area contributed by atoms with Gasteiger partial charge in [0.05, 0.1) is 13.2 Å². The van der Waals surface area contributed by atoms with Crippen molar-refractivity contribution in [2.24, 2.45) is 0 Å². The van der Waals surface area contributed by atoms with E-state index in [1.165, 1.54) is 5.56 Å². The van der Waals surface area contributed by atoms with Crippen molar-refractivity contribution in [3.05, 3.63) is 29.3 Å². The van der Waals surface area contributed by atoms with Crippen molar-refractivity contribution in [3.8, 4) is 0 Å². The van der Waals surface area contributed by atoms with Gasteiger partial charge in [0.2, 0.25) is 0 Å². The van der Waals surface area contributed by atoms with Gasteiger partial charge in [-0.3, -0.25) is 14.1 Å². The summed E-state index contributed by atoms with van der Waals surface area (Å²) in [5.74, 6) is 0. The average molecular weight is 341 g/mol. The summed E-state index contributed by atoms with van der Waals surface area (Å²) in [6.45, 7) is 17.2. The topological polar surface area (TPSA) is 47.6 Å². The van der Waals surface area contributed by atoms with Crippen LogP contribution in [0.3, 0.4) is 0 Å². The van der Waals surface area contributed by atoms with Gasteiger partial charge < -0.3 is 0 Å². The number of nitrogens with one attached hydrogen (secondary N) is 1. The molecule has 0 amide bonds. The summed E-state index contributed by atoms with van der Waals surface area (Å²) in [6.07, 6.45) is 0. The van der Waals surface area contributed by atoms with Crippen molar-refractivity contribution >= 4 is 13.4 Å². The van der Waals surface area contributed by atoms with Gasteiger partial charge in [0.25, 0.3) is 0 Å². The SMILES string of the molecule is CCOP(=O)(Nc1cc(C(C)(C)C)ccc1C(C)(C)C)OCC. The van der Waals surface area contributed by atoms with Crippen LogP contribution in [0.15, 0.2) is 18.2 Å². The Morgan fingerprint density at radius 1 is 0.957 bits per heavy atom. The molecule has 5 heteroatoms. The number of hydrogen-bond donors (Lipinski definition) is 1. The summed E-state index contributed by atoms with van der Waals surface area (Å²) in [5.41, 5.74) is 3.00. The van der Waals surface area contributed by atoms with Crippen molar-refractivity contribution in [3.63, 3.8) is 0 Å². The van der Waals surface area contributed by atoms with Crippen LogP contribution in [0.1, 0.15) is 66.5 Å². The second kappa shape index (κ2) is 7.38. The van der Waals surface area contributed by atoms with E-state index in [0.29, 0.717) is 13.2 Å². The van der Waals surface area contributed by atoms with E-state index in [-0.39, 0.29) is 10.8 Å². The summed E-state index contributed by atoms with van der Waals surface area (Å²) in [4.78, 5) is 0. The first-order valence-corrected chi connectivity index (χ1v) is 9.79. The lowest BCUT2D eigenvalue weighted by Crippen LogP contribution is -2.18. The monoisotopic (exact) mass is 341 g/mol. The minimum Gasteiger partial charge on any atom is -0.293 e. The van der Waals surface area contributed by atoms with Crippen LogP contribution in [0, 0.1) is 0 Å². The van der Waals surface area contributed by atoms with Gasteiger partial charge in [-0.25, -0.2) is 4.57 Å². The third kappa shape index (κ3) is 5.63. The van der Waals surface area contributed by atoms with E-state index in [9.17, 15) is 4.57 Å². The Kier molecular flexibility index (Phi) is 6.48. The maximum absolute atomic E-state index is 12.9. The number of rotatable bonds is 6. The second-order valence-electron chi connectivity index (χ2n) is 7.71. The van der Waals surface area contributed by atoms with Crippen LogP contribution in [0.5, 0.6) is 0 Å². The van der Waals surface area contributed by atoms with Crippen LogP contribution in [0.4, 0.5) is 5.69 Å². The Morgan fingerprint density at radius 3 is 1.87 bits per heavy atom. The van der Waals surface area contributed by atoms with Gasteiger partial charge in [-0.05, 0) is 41.9 Å². The van der Waals surface area contributed by atoms with Crippen LogP contribution in [0.25, 0.3) is 0 Å². The summed E-state index contributed by atoms with van der Waals surface area (Å²) < 4.78 is 23.6. The molecule has 1 aromatic carbocycles. The van der Waals surface area contributed by atoms with Crippen molar-refractivity contribution in [2.75, 3.05) is 18.3 Å². The molecule has 0 aliphatic carbocycles. The van der Waals surface area contributed by atoms with E-state index < -0.39 is 7.75 Å². The number of hydrogen-bond acceptors (Lipinski definition) is 3. The summed E-state index contributed by atoms with van der Waals surface area (Å²) in [7, 11) is -3.36. The van der Waals surface area contributed by atoms with Gasteiger partial charge >= 0.3 is 7.75 Å². The fraction of sp³-hybridized carbons (Fsp3) is 0.667. The zero-order valence-corrected chi connectivity index (χ0v) is 16.7. The van der Waals surface area contributed by atoms with E-state index in [0.717, 1.165) is 11.3 Å². The molecule has 0 fully saturated rings. The highest BCUT2D eigenvalue weighted by molar-refractivity contribution is 7.55. The third-order valence-electron chi connectivity index (χ3n) is 3.55.